The predicted molar refractivity (Wildman–Crippen MR) is 94.3 cm³/mol. The molecule has 4 nitrogen and oxygen atoms in total. The van der Waals surface area contributed by atoms with Crippen LogP contribution in [0.4, 0.5) is 5.69 Å². The number of hydrogen-bond donors (Lipinski definition) is 1. The van der Waals surface area contributed by atoms with E-state index in [-0.39, 0.29) is 17.2 Å². The Morgan fingerprint density at radius 1 is 1.38 bits per heavy atom. The van der Waals surface area contributed by atoms with Crippen molar-refractivity contribution in [3.63, 3.8) is 0 Å². The first-order valence-electron chi connectivity index (χ1n) is 9.23. The largest absolute Gasteiger partial charge is 0.329 e. The highest BCUT2D eigenvalue weighted by Crippen LogP contribution is 2.51. The van der Waals surface area contributed by atoms with Gasteiger partial charge in [-0.1, -0.05) is 13.8 Å². The number of carbonyl (C=O) groups is 2. The average molecular weight is 326 g/mol. The Hall–Kier alpha value is -1.68. The number of ketones is 1. The Morgan fingerprint density at radius 3 is 2.83 bits per heavy atom. The molecule has 128 valence electrons. The van der Waals surface area contributed by atoms with Crippen molar-refractivity contribution in [1.82, 2.24) is 4.90 Å². The first-order valence-corrected chi connectivity index (χ1v) is 9.23. The summed E-state index contributed by atoms with van der Waals surface area (Å²) in [6.07, 6.45) is 5.48. The Bertz CT molecular complexity index is 682. The fourth-order valence-electron chi connectivity index (χ4n) is 5.12. The molecule has 2 fully saturated rings. The minimum absolute atomic E-state index is 0.0247. The van der Waals surface area contributed by atoms with Crippen LogP contribution >= 0.6 is 0 Å². The van der Waals surface area contributed by atoms with E-state index in [9.17, 15) is 9.59 Å². The van der Waals surface area contributed by atoms with Crippen LogP contribution in [0.2, 0.25) is 0 Å². The van der Waals surface area contributed by atoms with Gasteiger partial charge in [-0.05, 0) is 67.8 Å². The molecule has 1 aromatic carbocycles. The normalized spacial score (nSPS) is 32.3. The zero-order valence-electron chi connectivity index (χ0n) is 14.5. The van der Waals surface area contributed by atoms with E-state index in [0.29, 0.717) is 12.3 Å². The Kier molecular flexibility index (Phi) is 3.75. The van der Waals surface area contributed by atoms with Gasteiger partial charge in [-0.3, -0.25) is 14.5 Å². The lowest BCUT2D eigenvalue weighted by Gasteiger charge is -2.55. The number of fused-ring (bicyclic) bond motifs is 4. The van der Waals surface area contributed by atoms with Crippen LogP contribution in [0, 0.1) is 11.8 Å². The average Bonchev–Trinajstić information content (AvgIpc) is 3.39. The number of carbonyl (C=O) groups excluding carboxylic acids is 2. The van der Waals surface area contributed by atoms with Gasteiger partial charge in [-0.2, -0.15) is 0 Å². The molecular weight excluding hydrogens is 300 g/mol. The van der Waals surface area contributed by atoms with Crippen LogP contribution in [0.5, 0.6) is 0 Å². The number of hydrogen-bond acceptors (Lipinski definition) is 3. The molecule has 1 unspecified atom stereocenters. The summed E-state index contributed by atoms with van der Waals surface area (Å²) in [6, 6.07) is 5.84. The third kappa shape index (κ3) is 2.23. The van der Waals surface area contributed by atoms with E-state index in [1.54, 1.807) is 0 Å². The molecule has 24 heavy (non-hydrogen) atoms. The van der Waals surface area contributed by atoms with Crippen molar-refractivity contribution in [3.05, 3.63) is 29.3 Å². The van der Waals surface area contributed by atoms with E-state index in [1.165, 1.54) is 12.8 Å². The van der Waals surface area contributed by atoms with E-state index in [0.717, 1.165) is 48.7 Å². The third-order valence-corrected chi connectivity index (χ3v) is 6.72. The first-order chi connectivity index (χ1) is 11.6. The summed E-state index contributed by atoms with van der Waals surface area (Å²) >= 11 is 0. The van der Waals surface area contributed by atoms with Gasteiger partial charge < -0.3 is 5.32 Å². The van der Waals surface area contributed by atoms with E-state index in [1.807, 2.05) is 18.2 Å². The molecule has 2 aliphatic carbocycles. The van der Waals surface area contributed by atoms with Crippen LogP contribution in [0.15, 0.2) is 18.2 Å². The summed E-state index contributed by atoms with van der Waals surface area (Å²) in [6.45, 7) is 6.59. The quantitative estimate of drug-likeness (QED) is 0.845. The number of likely N-dealkylation sites (tertiary alicyclic amines) is 1. The van der Waals surface area contributed by atoms with E-state index < -0.39 is 0 Å². The molecule has 4 rings (SSSR count). The Morgan fingerprint density at radius 2 is 2.17 bits per heavy atom. The summed E-state index contributed by atoms with van der Waals surface area (Å²) in [5.74, 6) is 1.40. The number of benzene rings is 1. The molecule has 3 aliphatic rings. The smallest absolute Gasteiger partial charge is 0.211 e. The number of nitrogens with zero attached hydrogens (tertiary/aromatic N) is 1. The van der Waals surface area contributed by atoms with Crippen molar-refractivity contribution >= 4 is 17.9 Å². The molecule has 0 spiro atoms. The number of piperidine rings is 1. The fraction of sp³-hybridized carbons (Fsp3) is 0.600. The zero-order valence-corrected chi connectivity index (χ0v) is 14.5. The topological polar surface area (TPSA) is 49.4 Å². The summed E-state index contributed by atoms with van der Waals surface area (Å²) in [4.78, 5) is 26.5. The van der Waals surface area contributed by atoms with Crippen molar-refractivity contribution in [2.45, 2.75) is 51.0 Å². The van der Waals surface area contributed by atoms with Crippen LogP contribution in [0.3, 0.4) is 0 Å². The molecule has 1 aromatic rings. The van der Waals surface area contributed by atoms with Crippen molar-refractivity contribution < 1.29 is 9.59 Å². The molecule has 1 saturated heterocycles. The maximum absolute atomic E-state index is 13.2. The van der Waals surface area contributed by atoms with Gasteiger partial charge in [0.05, 0.1) is 6.04 Å². The molecule has 1 aliphatic heterocycles. The molecular formula is C20H26N2O2. The lowest BCUT2D eigenvalue weighted by molar-refractivity contribution is -0.105. The van der Waals surface area contributed by atoms with Crippen molar-refractivity contribution in [2.75, 3.05) is 18.4 Å². The molecule has 2 bridgehead atoms. The third-order valence-electron chi connectivity index (χ3n) is 6.72. The minimum atomic E-state index is 0.0247. The molecule has 1 heterocycles. The summed E-state index contributed by atoms with van der Waals surface area (Å²) in [7, 11) is 0. The number of rotatable bonds is 5. The second kappa shape index (κ2) is 5.69. The van der Waals surface area contributed by atoms with Crippen molar-refractivity contribution in [2.24, 2.45) is 11.8 Å². The standard InChI is InChI=1S/C20H26N2O2/c1-3-20-8-9-22(11-14-4-5-14)18(13(20)2)19(24)16-7-6-15(21-12-23)10-17(16)20/h6-7,10,12-14,18H,3-5,8-9,11H2,1-2H3,(H,21,23)/t13-,18?,20-/m0/s1. The van der Waals surface area contributed by atoms with Crippen LogP contribution in [-0.4, -0.2) is 36.2 Å². The van der Waals surface area contributed by atoms with Gasteiger partial charge in [0.1, 0.15) is 0 Å². The Balaban J connectivity index is 1.79. The lowest BCUT2D eigenvalue weighted by Crippen LogP contribution is -2.61. The monoisotopic (exact) mass is 326 g/mol. The van der Waals surface area contributed by atoms with Gasteiger partial charge in [0.25, 0.3) is 0 Å². The van der Waals surface area contributed by atoms with Crippen LogP contribution in [-0.2, 0) is 10.2 Å². The van der Waals surface area contributed by atoms with Crippen molar-refractivity contribution in [3.8, 4) is 0 Å². The maximum atomic E-state index is 13.2. The van der Waals surface area contributed by atoms with E-state index >= 15 is 0 Å². The second-order valence-corrected chi connectivity index (χ2v) is 7.82. The van der Waals surface area contributed by atoms with Gasteiger partial charge >= 0.3 is 0 Å². The minimum Gasteiger partial charge on any atom is -0.329 e. The Labute approximate surface area is 143 Å². The summed E-state index contributed by atoms with van der Waals surface area (Å²) < 4.78 is 0. The molecule has 3 atom stereocenters. The zero-order chi connectivity index (χ0) is 16.9. The predicted octanol–water partition coefficient (Wildman–Crippen LogP) is 3.22. The highest BCUT2D eigenvalue weighted by atomic mass is 16.1. The van der Waals surface area contributed by atoms with E-state index in [4.69, 9.17) is 0 Å². The van der Waals surface area contributed by atoms with Gasteiger partial charge in [0.15, 0.2) is 5.78 Å². The van der Waals surface area contributed by atoms with Crippen LogP contribution in [0.25, 0.3) is 0 Å². The maximum Gasteiger partial charge on any atom is 0.211 e. The fourth-order valence-corrected chi connectivity index (χ4v) is 5.12. The van der Waals surface area contributed by atoms with Crippen LogP contribution in [0.1, 0.15) is 55.5 Å². The summed E-state index contributed by atoms with van der Waals surface area (Å²) in [5, 5.41) is 2.74. The van der Waals surface area contributed by atoms with Gasteiger partial charge in [-0.25, -0.2) is 0 Å². The number of anilines is 1. The van der Waals surface area contributed by atoms with Crippen molar-refractivity contribution in [1.29, 1.82) is 0 Å². The summed E-state index contributed by atoms with van der Waals surface area (Å²) in [5.41, 5.74) is 2.86. The number of nitrogens with one attached hydrogen (secondary N) is 1. The van der Waals surface area contributed by atoms with Crippen LogP contribution < -0.4 is 5.32 Å². The highest BCUT2D eigenvalue weighted by Gasteiger charge is 2.54. The lowest BCUT2D eigenvalue weighted by atomic mass is 9.56. The highest BCUT2D eigenvalue weighted by molar-refractivity contribution is 6.04. The molecule has 0 aromatic heterocycles. The molecule has 0 radical (unpaired) electrons. The molecule has 1 saturated carbocycles. The van der Waals surface area contributed by atoms with Gasteiger partial charge in [0, 0.05) is 23.2 Å². The first kappa shape index (κ1) is 15.8. The number of Topliss-reactive ketones (excluding diaryl/α,β-unsaturated/α-hetero) is 1. The molecule has 1 N–H and O–H groups in total. The van der Waals surface area contributed by atoms with Gasteiger partial charge in [-0.15, -0.1) is 0 Å². The molecule has 1 amide bonds. The molecule has 4 heteroatoms. The van der Waals surface area contributed by atoms with E-state index in [2.05, 4.69) is 24.1 Å². The second-order valence-electron chi connectivity index (χ2n) is 7.82. The van der Waals surface area contributed by atoms with Gasteiger partial charge in [0.2, 0.25) is 6.41 Å². The number of amides is 1. The SMILES string of the molecule is CC[C@@]12CCN(CC3CC3)C(C(=O)c3ccc(NC=O)cc31)[C@@H]2C.